The number of methoxy groups -OCH3 is 1. The molecular weight excluding hydrogens is 575 g/mol. The third-order valence-corrected chi connectivity index (χ3v) is 8.89. The quantitative estimate of drug-likeness (QED) is 0.400. The summed E-state index contributed by atoms with van der Waals surface area (Å²) in [5.74, 6) is -0.357. The van der Waals surface area contributed by atoms with Crippen LogP contribution in [-0.4, -0.2) is 101 Å². The molecule has 0 saturated carbocycles. The zero-order valence-electron chi connectivity index (χ0n) is 25.7. The first kappa shape index (κ1) is 31.9. The predicted molar refractivity (Wildman–Crippen MR) is 159 cm³/mol. The van der Waals surface area contributed by atoms with Gasteiger partial charge in [0.2, 0.25) is 5.91 Å². The molecule has 2 amide bonds. The molecule has 238 valence electrons. The van der Waals surface area contributed by atoms with E-state index in [1.807, 2.05) is 50.4 Å². The highest BCUT2D eigenvalue weighted by molar-refractivity contribution is 5.99. The molecule has 0 radical (unpaired) electrons. The summed E-state index contributed by atoms with van der Waals surface area (Å²) in [6, 6.07) is 3.59. The van der Waals surface area contributed by atoms with Gasteiger partial charge in [-0.15, -0.1) is 0 Å². The molecule has 0 aliphatic carbocycles. The number of aryl methyl sites for hydroxylation is 1. The van der Waals surface area contributed by atoms with Crippen LogP contribution in [0.25, 0.3) is 16.6 Å². The van der Waals surface area contributed by atoms with Crippen LogP contribution in [0.3, 0.4) is 0 Å². The van der Waals surface area contributed by atoms with Gasteiger partial charge in [-0.1, -0.05) is 0 Å². The zero-order valence-corrected chi connectivity index (χ0v) is 25.7. The summed E-state index contributed by atoms with van der Waals surface area (Å²) in [6.07, 6.45) is 1.54. The van der Waals surface area contributed by atoms with E-state index in [-0.39, 0.29) is 36.5 Å². The second kappa shape index (κ2) is 12.8. The first-order chi connectivity index (χ1) is 20.9. The molecule has 2 aliphatic heterocycles. The highest BCUT2D eigenvalue weighted by atomic mass is 19.4. The van der Waals surface area contributed by atoms with E-state index < -0.39 is 18.6 Å². The summed E-state index contributed by atoms with van der Waals surface area (Å²) in [4.78, 5) is 38.8. The van der Waals surface area contributed by atoms with Crippen molar-refractivity contribution in [3.63, 3.8) is 0 Å². The van der Waals surface area contributed by atoms with Crippen molar-refractivity contribution in [1.82, 2.24) is 34.8 Å². The molecule has 3 aromatic heterocycles. The summed E-state index contributed by atoms with van der Waals surface area (Å²) in [6.45, 7) is 8.36. The minimum absolute atomic E-state index is 0.0121. The predicted octanol–water partition coefficient (Wildman–Crippen LogP) is 3.52. The number of alkyl halides is 3. The molecule has 0 bridgehead atoms. The molecule has 5 rings (SSSR count). The first-order valence-electron chi connectivity index (χ1n) is 14.9. The topological polar surface area (TPSA) is 104 Å². The molecule has 10 nitrogen and oxygen atoms in total. The maximum atomic E-state index is 13.8. The first-order valence-corrected chi connectivity index (χ1v) is 14.9. The van der Waals surface area contributed by atoms with Crippen LogP contribution in [0.5, 0.6) is 0 Å². The number of carbonyl (C=O) groups excluding carboxylic acids is 2. The Morgan fingerprint density at radius 2 is 1.86 bits per heavy atom. The molecule has 2 aliphatic rings. The lowest BCUT2D eigenvalue weighted by atomic mass is 9.91. The Labute approximate surface area is 255 Å². The molecule has 5 heterocycles. The van der Waals surface area contributed by atoms with Gasteiger partial charge in [0.05, 0.1) is 24.1 Å². The Balaban J connectivity index is 1.48. The monoisotopic (exact) mass is 615 g/mol. The number of nitrogens with zero attached hydrogens (tertiary/aromatic N) is 5. The summed E-state index contributed by atoms with van der Waals surface area (Å²) in [5, 5.41) is 5.91. The van der Waals surface area contributed by atoms with Crippen molar-refractivity contribution in [2.45, 2.75) is 58.5 Å². The van der Waals surface area contributed by atoms with Crippen molar-refractivity contribution < 1.29 is 27.5 Å². The molecular formula is C31H40F3N7O3. The Morgan fingerprint density at radius 1 is 1.18 bits per heavy atom. The minimum atomic E-state index is -4.24. The molecule has 3 aromatic rings. The molecule has 2 saturated heterocycles. The molecule has 0 spiro atoms. The number of nitrogens with one attached hydrogen (secondary N) is 2. The number of fused-ring (bicyclic) bond motifs is 1. The highest BCUT2D eigenvalue weighted by Crippen LogP contribution is 2.34. The molecule has 44 heavy (non-hydrogen) atoms. The Hall–Kier alpha value is -3.55. The van der Waals surface area contributed by atoms with E-state index in [2.05, 4.69) is 25.5 Å². The van der Waals surface area contributed by atoms with E-state index in [9.17, 15) is 22.8 Å². The Bertz CT molecular complexity index is 1500. The number of hydrogen-bond acceptors (Lipinski definition) is 7. The van der Waals surface area contributed by atoms with Crippen molar-refractivity contribution in [3.05, 3.63) is 53.4 Å². The molecule has 2 N–H and O–H groups in total. The fraction of sp³-hybridized carbons (Fsp3) is 0.548. The van der Waals surface area contributed by atoms with Gasteiger partial charge in [-0.3, -0.25) is 19.4 Å². The molecule has 4 atom stereocenters. The van der Waals surface area contributed by atoms with Gasteiger partial charge >= 0.3 is 6.18 Å². The second-order valence-corrected chi connectivity index (χ2v) is 11.9. The van der Waals surface area contributed by atoms with Gasteiger partial charge in [0.1, 0.15) is 5.82 Å². The number of piperidine rings is 1. The van der Waals surface area contributed by atoms with Gasteiger partial charge in [0.25, 0.3) is 5.91 Å². The maximum absolute atomic E-state index is 13.8. The van der Waals surface area contributed by atoms with Gasteiger partial charge in [-0.2, -0.15) is 13.2 Å². The number of amides is 2. The van der Waals surface area contributed by atoms with E-state index in [0.29, 0.717) is 44.0 Å². The SMILES string of the molecule is COC1CC(C)NC(=O)C1CNC(=O)c1cc2c(-c3cnc(C)nc3)ccn2c([C@H](C)N2CCN(CC(F)(F)F)CC2)c1C. The smallest absolute Gasteiger partial charge is 0.380 e. The van der Waals surface area contributed by atoms with Crippen molar-refractivity contribution in [1.29, 1.82) is 0 Å². The molecule has 2 fully saturated rings. The van der Waals surface area contributed by atoms with Crippen molar-refractivity contribution in [2.24, 2.45) is 5.92 Å². The number of aromatic nitrogens is 3. The lowest BCUT2D eigenvalue weighted by Crippen LogP contribution is -2.53. The van der Waals surface area contributed by atoms with Crippen LogP contribution in [0.2, 0.25) is 0 Å². The van der Waals surface area contributed by atoms with Crippen LogP contribution in [0.4, 0.5) is 13.2 Å². The standard InChI is InChI=1S/C31H40F3N7O3/c1-18-12-27(44-5)25(30(43)38-18)16-37-29(42)24-13-26-23(22-14-35-21(4)36-15-22)6-7-41(26)28(19(24)2)20(3)40-10-8-39(9-11-40)17-31(32,33)34/h6-7,13-15,18,20,25,27H,8-12,16-17H2,1-5H3,(H,37,42)(H,38,43)/t18?,20-,25?,27?/m0/s1. The summed E-state index contributed by atoms with van der Waals surface area (Å²) >= 11 is 0. The Morgan fingerprint density at radius 3 is 2.50 bits per heavy atom. The average Bonchev–Trinajstić information content (AvgIpc) is 3.39. The number of hydrogen-bond donors (Lipinski definition) is 2. The number of rotatable bonds is 8. The highest BCUT2D eigenvalue weighted by Gasteiger charge is 2.36. The van der Waals surface area contributed by atoms with Gasteiger partial charge in [-0.05, 0) is 51.8 Å². The van der Waals surface area contributed by atoms with E-state index in [1.54, 1.807) is 19.5 Å². The normalized spacial score (nSPS) is 22.6. The van der Waals surface area contributed by atoms with Crippen LogP contribution in [-0.2, 0) is 9.53 Å². The largest absolute Gasteiger partial charge is 0.401 e. The number of halogens is 3. The second-order valence-electron chi connectivity index (χ2n) is 11.9. The number of piperazine rings is 1. The van der Waals surface area contributed by atoms with E-state index >= 15 is 0 Å². The van der Waals surface area contributed by atoms with Gasteiger partial charge in [0, 0.05) is 92.9 Å². The summed E-state index contributed by atoms with van der Waals surface area (Å²) in [5.41, 5.74) is 4.51. The van der Waals surface area contributed by atoms with Crippen molar-refractivity contribution >= 4 is 17.3 Å². The number of carbonyl (C=O) groups is 2. The van der Waals surface area contributed by atoms with E-state index in [1.165, 1.54) is 4.90 Å². The number of pyridine rings is 1. The van der Waals surface area contributed by atoms with Crippen LogP contribution in [0.1, 0.15) is 53.7 Å². The van der Waals surface area contributed by atoms with Crippen LogP contribution >= 0.6 is 0 Å². The zero-order chi connectivity index (χ0) is 31.8. The van der Waals surface area contributed by atoms with Gasteiger partial charge < -0.3 is 19.8 Å². The molecule has 0 aromatic carbocycles. The van der Waals surface area contributed by atoms with Gasteiger partial charge in [0.15, 0.2) is 0 Å². The van der Waals surface area contributed by atoms with Crippen LogP contribution in [0, 0.1) is 19.8 Å². The van der Waals surface area contributed by atoms with Crippen molar-refractivity contribution in [3.8, 4) is 11.1 Å². The lowest BCUT2D eigenvalue weighted by molar-refractivity contribution is -0.149. The van der Waals surface area contributed by atoms with E-state index in [4.69, 9.17) is 4.74 Å². The molecule has 3 unspecified atom stereocenters. The fourth-order valence-corrected chi connectivity index (χ4v) is 6.50. The minimum Gasteiger partial charge on any atom is -0.380 e. The fourth-order valence-electron chi connectivity index (χ4n) is 6.50. The third-order valence-electron chi connectivity index (χ3n) is 8.89. The number of ether oxygens (including phenoxy) is 1. The lowest BCUT2D eigenvalue weighted by Gasteiger charge is -2.39. The molecule has 13 heteroatoms. The third kappa shape index (κ3) is 6.74. The van der Waals surface area contributed by atoms with Crippen LogP contribution < -0.4 is 10.6 Å². The van der Waals surface area contributed by atoms with Crippen LogP contribution in [0.15, 0.2) is 30.7 Å². The van der Waals surface area contributed by atoms with Crippen molar-refractivity contribution in [2.75, 3.05) is 46.4 Å². The average molecular weight is 616 g/mol. The van der Waals surface area contributed by atoms with Gasteiger partial charge in [-0.25, -0.2) is 9.97 Å². The van der Waals surface area contributed by atoms with E-state index in [0.717, 1.165) is 27.9 Å². The summed E-state index contributed by atoms with van der Waals surface area (Å²) in [7, 11) is 1.57. The maximum Gasteiger partial charge on any atom is 0.401 e. The Kier molecular flexibility index (Phi) is 9.28. The summed E-state index contributed by atoms with van der Waals surface area (Å²) < 4.78 is 46.6.